The third-order valence-electron chi connectivity index (χ3n) is 3.31. The number of ether oxygens (including phenoxy) is 2. The van der Waals surface area contributed by atoms with Crippen molar-refractivity contribution in [1.29, 1.82) is 0 Å². The lowest BCUT2D eigenvalue weighted by atomic mass is 10.2. The number of carbonyl (C=O) groups excluding carboxylic acids is 2. The van der Waals surface area contributed by atoms with Gasteiger partial charge in [0.1, 0.15) is 5.01 Å². The number of nitrogens with zero attached hydrogens (tertiary/aromatic N) is 3. The van der Waals surface area contributed by atoms with Crippen LogP contribution in [0, 0.1) is 0 Å². The van der Waals surface area contributed by atoms with E-state index in [1.165, 1.54) is 25.7 Å². The van der Waals surface area contributed by atoms with E-state index in [1.807, 2.05) is 0 Å². The van der Waals surface area contributed by atoms with Crippen molar-refractivity contribution < 1.29 is 23.5 Å². The maximum Gasteiger partial charge on any atom is 0.379 e. The molecule has 3 aromatic rings. The molecule has 11 heteroatoms. The van der Waals surface area contributed by atoms with Gasteiger partial charge in [-0.2, -0.15) is 5.10 Å². The Morgan fingerprint density at radius 1 is 1.32 bits per heavy atom. The molecular weight excluding hydrogens is 386 g/mol. The first-order chi connectivity index (χ1) is 13.5. The van der Waals surface area contributed by atoms with Gasteiger partial charge < -0.3 is 19.6 Å². The number of hydrogen-bond donors (Lipinski definition) is 2. The van der Waals surface area contributed by atoms with Gasteiger partial charge in [-0.15, -0.1) is 10.2 Å². The number of esters is 1. The molecule has 3 N–H and O–H groups in total. The van der Waals surface area contributed by atoms with Crippen LogP contribution in [0.25, 0.3) is 0 Å². The average molecular weight is 401 g/mol. The highest BCUT2D eigenvalue weighted by Crippen LogP contribution is 2.28. The summed E-state index contributed by atoms with van der Waals surface area (Å²) in [5.41, 5.74) is 8.47. The zero-order chi connectivity index (χ0) is 19.9. The van der Waals surface area contributed by atoms with Crippen molar-refractivity contribution in [3.8, 4) is 11.5 Å². The van der Waals surface area contributed by atoms with Crippen molar-refractivity contribution in [2.24, 2.45) is 5.10 Å². The minimum Gasteiger partial charge on any atom is -0.493 e. The highest BCUT2D eigenvalue weighted by atomic mass is 32.1. The zero-order valence-corrected chi connectivity index (χ0v) is 15.4. The Kier molecular flexibility index (Phi) is 5.97. The predicted molar refractivity (Wildman–Crippen MR) is 100 cm³/mol. The van der Waals surface area contributed by atoms with Crippen molar-refractivity contribution in [2.75, 3.05) is 12.8 Å². The van der Waals surface area contributed by atoms with Gasteiger partial charge in [-0.1, -0.05) is 11.3 Å². The minimum absolute atomic E-state index is 0.0250. The Labute approximate surface area is 163 Å². The first kappa shape index (κ1) is 19.0. The fourth-order valence-electron chi connectivity index (χ4n) is 2.09. The summed E-state index contributed by atoms with van der Waals surface area (Å²) < 4.78 is 15.5. The lowest BCUT2D eigenvalue weighted by Gasteiger charge is -2.08. The van der Waals surface area contributed by atoms with Crippen LogP contribution in [0.3, 0.4) is 0 Å². The SMILES string of the molecule is COc1cc(C=NNC(=O)Cc2nnc(N)s2)ccc1OC(=O)c1ccco1. The monoisotopic (exact) mass is 401 g/mol. The molecule has 0 unspecified atom stereocenters. The third kappa shape index (κ3) is 4.92. The van der Waals surface area contributed by atoms with Gasteiger partial charge in [0.15, 0.2) is 11.5 Å². The van der Waals surface area contributed by atoms with Crippen LogP contribution >= 0.6 is 11.3 Å². The number of amides is 1. The Hall–Kier alpha value is -3.73. The molecule has 1 amide bonds. The number of furan rings is 1. The number of hydrazone groups is 1. The molecule has 0 atom stereocenters. The molecule has 0 radical (unpaired) electrons. The van der Waals surface area contributed by atoms with Crippen LogP contribution in [0.4, 0.5) is 5.13 Å². The lowest BCUT2D eigenvalue weighted by Crippen LogP contribution is -2.19. The average Bonchev–Trinajstić information content (AvgIpc) is 3.34. The van der Waals surface area contributed by atoms with E-state index < -0.39 is 5.97 Å². The third-order valence-corrected chi connectivity index (χ3v) is 4.06. The maximum absolute atomic E-state index is 12.0. The summed E-state index contributed by atoms with van der Waals surface area (Å²) in [7, 11) is 1.44. The van der Waals surface area contributed by atoms with Gasteiger partial charge in [0.05, 0.1) is 26.0 Å². The second-order valence-corrected chi connectivity index (χ2v) is 6.37. The number of benzene rings is 1. The molecule has 2 aromatic heterocycles. The number of methoxy groups -OCH3 is 1. The Morgan fingerprint density at radius 3 is 2.86 bits per heavy atom. The molecule has 2 heterocycles. The van der Waals surface area contributed by atoms with Crippen LogP contribution in [0.5, 0.6) is 11.5 Å². The number of nitrogens with two attached hydrogens (primary N) is 1. The molecule has 3 rings (SSSR count). The summed E-state index contributed by atoms with van der Waals surface area (Å²) in [6.45, 7) is 0. The van der Waals surface area contributed by atoms with Gasteiger partial charge in [-0.05, 0) is 35.9 Å². The van der Waals surface area contributed by atoms with Crippen LogP contribution in [0.1, 0.15) is 21.1 Å². The van der Waals surface area contributed by atoms with Gasteiger partial charge in [0, 0.05) is 0 Å². The summed E-state index contributed by atoms with van der Waals surface area (Å²) in [6.07, 6.45) is 2.83. The van der Waals surface area contributed by atoms with Crippen molar-refractivity contribution in [2.45, 2.75) is 6.42 Å². The maximum atomic E-state index is 12.0. The minimum atomic E-state index is -0.644. The number of rotatable bonds is 7. The molecule has 0 fully saturated rings. The summed E-state index contributed by atoms with van der Waals surface area (Å²) in [5.74, 6) is -0.385. The number of nitrogens with one attached hydrogen (secondary N) is 1. The fraction of sp³-hybridized carbons (Fsp3) is 0.118. The van der Waals surface area contributed by atoms with Gasteiger partial charge in [-0.25, -0.2) is 10.2 Å². The molecule has 0 saturated carbocycles. The predicted octanol–water partition coefficient (Wildman–Crippen LogP) is 1.63. The molecule has 0 aliphatic heterocycles. The molecule has 28 heavy (non-hydrogen) atoms. The first-order valence-corrected chi connectivity index (χ1v) is 8.70. The highest BCUT2D eigenvalue weighted by Gasteiger charge is 2.15. The van der Waals surface area contributed by atoms with E-state index in [-0.39, 0.29) is 23.8 Å². The second-order valence-electron chi connectivity index (χ2n) is 5.28. The van der Waals surface area contributed by atoms with Crippen molar-refractivity contribution in [3.63, 3.8) is 0 Å². The van der Waals surface area contributed by atoms with Crippen LogP contribution in [0.15, 0.2) is 46.1 Å². The molecule has 0 aliphatic rings. The molecule has 1 aromatic carbocycles. The Bertz CT molecular complexity index is 999. The fourth-order valence-corrected chi connectivity index (χ4v) is 2.70. The van der Waals surface area contributed by atoms with E-state index in [0.29, 0.717) is 21.5 Å². The van der Waals surface area contributed by atoms with Gasteiger partial charge in [-0.3, -0.25) is 4.79 Å². The lowest BCUT2D eigenvalue weighted by molar-refractivity contribution is -0.120. The number of aromatic nitrogens is 2. The van der Waals surface area contributed by atoms with Crippen molar-refractivity contribution >= 4 is 34.6 Å². The molecule has 10 nitrogen and oxygen atoms in total. The normalized spacial score (nSPS) is 10.8. The molecule has 0 spiro atoms. The van der Waals surface area contributed by atoms with E-state index in [4.69, 9.17) is 19.6 Å². The van der Waals surface area contributed by atoms with Crippen LogP contribution in [-0.2, 0) is 11.2 Å². The summed E-state index contributed by atoms with van der Waals surface area (Å²) in [5, 5.41) is 12.1. The number of nitrogen functional groups attached to an aromatic ring is 1. The summed E-state index contributed by atoms with van der Waals surface area (Å²) >= 11 is 1.13. The van der Waals surface area contributed by atoms with Gasteiger partial charge >= 0.3 is 5.97 Å². The smallest absolute Gasteiger partial charge is 0.379 e. The van der Waals surface area contributed by atoms with Crippen LogP contribution in [-0.4, -0.2) is 35.4 Å². The zero-order valence-electron chi connectivity index (χ0n) is 14.6. The highest BCUT2D eigenvalue weighted by molar-refractivity contribution is 7.15. The quantitative estimate of drug-likeness (QED) is 0.263. The largest absolute Gasteiger partial charge is 0.493 e. The van der Waals surface area contributed by atoms with Crippen molar-refractivity contribution in [3.05, 3.63) is 52.9 Å². The van der Waals surface area contributed by atoms with E-state index in [1.54, 1.807) is 24.3 Å². The van der Waals surface area contributed by atoms with Gasteiger partial charge in [0.2, 0.25) is 16.8 Å². The van der Waals surface area contributed by atoms with E-state index in [0.717, 1.165) is 11.3 Å². The van der Waals surface area contributed by atoms with Crippen LogP contribution in [0.2, 0.25) is 0 Å². The molecular formula is C17H15N5O5S. The number of carbonyl (C=O) groups is 2. The molecule has 0 saturated heterocycles. The number of hydrogen-bond acceptors (Lipinski definition) is 10. The topological polar surface area (TPSA) is 142 Å². The molecule has 144 valence electrons. The summed E-state index contributed by atoms with van der Waals surface area (Å²) in [6, 6.07) is 7.88. The van der Waals surface area contributed by atoms with Crippen LogP contribution < -0.4 is 20.6 Å². The molecule has 0 aliphatic carbocycles. The van der Waals surface area contributed by atoms with E-state index >= 15 is 0 Å². The van der Waals surface area contributed by atoms with E-state index in [2.05, 4.69) is 20.7 Å². The Balaban J connectivity index is 1.60. The first-order valence-electron chi connectivity index (χ1n) is 7.88. The van der Waals surface area contributed by atoms with Gasteiger partial charge in [0.25, 0.3) is 0 Å². The second kappa shape index (κ2) is 8.77. The standard InChI is InChI=1S/C17H15N5O5S/c1-25-13-7-10(4-5-11(13)27-16(24)12-3-2-6-26-12)9-19-20-14(23)8-15-21-22-17(18)28-15/h2-7,9H,8H2,1H3,(H2,18,22)(H,20,23). The number of anilines is 1. The Morgan fingerprint density at radius 2 is 2.18 bits per heavy atom. The van der Waals surface area contributed by atoms with E-state index in [9.17, 15) is 9.59 Å². The summed E-state index contributed by atoms with van der Waals surface area (Å²) in [4.78, 5) is 23.8. The molecule has 0 bridgehead atoms. The van der Waals surface area contributed by atoms with Crippen molar-refractivity contribution in [1.82, 2.24) is 15.6 Å².